The number of carbonyl (C=O) groups is 1. The minimum absolute atomic E-state index is 0.326. The molecule has 4 heteroatoms. The van der Waals surface area contributed by atoms with Crippen molar-refractivity contribution < 1.29 is 14.3 Å². The maximum absolute atomic E-state index is 11.9. The van der Waals surface area contributed by atoms with E-state index in [1.807, 2.05) is 24.3 Å². The van der Waals surface area contributed by atoms with Crippen molar-refractivity contribution in [1.82, 2.24) is 4.57 Å². The third-order valence-electron chi connectivity index (χ3n) is 5.22. The Labute approximate surface area is 170 Å². The molecule has 0 saturated heterocycles. The number of methoxy groups -OCH3 is 2. The first kappa shape index (κ1) is 18.8. The van der Waals surface area contributed by atoms with Crippen molar-refractivity contribution in [3.63, 3.8) is 0 Å². The average Bonchev–Trinajstić information content (AvgIpc) is 3.10. The number of ether oxygens (including phenoxy) is 2. The summed E-state index contributed by atoms with van der Waals surface area (Å²) in [5.74, 6) is 0.506. The van der Waals surface area contributed by atoms with Gasteiger partial charge < -0.3 is 14.0 Å². The lowest BCUT2D eigenvalue weighted by Gasteiger charge is -2.14. The van der Waals surface area contributed by atoms with Crippen LogP contribution in [0.2, 0.25) is 0 Å². The van der Waals surface area contributed by atoms with E-state index in [4.69, 9.17) is 9.47 Å². The van der Waals surface area contributed by atoms with Gasteiger partial charge in [-0.3, -0.25) is 0 Å². The quantitative estimate of drug-likeness (QED) is 0.428. The molecule has 0 aliphatic carbocycles. The molecule has 0 N–H and O–H groups in total. The molecule has 0 radical (unpaired) electrons. The molecular weight excluding hydrogens is 362 g/mol. The number of esters is 1. The van der Waals surface area contributed by atoms with Crippen LogP contribution >= 0.6 is 0 Å². The van der Waals surface area contributed by atoms with Crippen LogP contribution in [0, 0.1) is 6.92 Å². The molecule has 1 heterocycles. The van der Waals surface area contributed by atoms with E-state index in [9.17, 15) is 4.79 Å². The number of hydrogen-bond donors (Lipinski definition) is 0. The van der Waals surface area contributed by atoms with E-state index in [1.54, 1.807) is 13.2 Å². The van der Waals surface area contributed by atoms with Crippen molar-refractivity contribution >= 4 is 16.9 Å². The van der Waals surface area contributed by atoms with Crippen LogP contribution in [0.1, 0.15) is 21.5 Å². The van der Waals surface area contributed by atoms with E-state index >= 15 is 0 Å². The van der Waals surface area contributed by atoms with Gasteiger partial charge in [-0.2, -0.15) is 0 Å². The zero-order valence-corrected chi connectivity index (χ0v) is 16.8. The molecule has 0 saturated carbocycles. The van der Waals surface area contributed by atoms with Gasteiger partial charge in [0.05, 0.1) is 19.8 Å². The molecule has 0 aliphatic rings. The van der Waals surface area contributed by atoms with E-state index in [2.05, 4.69) is 54.0 Å². The van der Waals surface area contributed by atoms with E-state index in [0.717, 1.165) is 27.9 Å². The van der Waals surface area contributed by atoms with Gasteiger partial charge in [0.1, 0.15) is 5.75 Å². The summed E-state index contributed by atoms with van der Waals surface area (Å²) < 4.78 is 12.6. The first-order chi connectivity index (χ1) is 14.1. The maximum atomic E-state index is 11.9. The lowest BCUT2D eigenvalue weighted by molar-refractivity contribution is 0.0600. The maximum Gasteiger partial charge on any atom is 0.337 e. The number of hydrogen-bond acceptors (Lipinski definition) is 3. The van der Waals surface area contributed by atoms with Crippen LogP contribution in [0.5, 0.6) is 5.75 Å². The fraction of sp³-hybridized carbons (Fsp3) is 0.160. The molecular formula is C25H23NO3. The van der Waals surface area contributed by atoms with E-state index in [1.165, 1.54) is 18.2 Å². The van der Waals surface area contributed by atoms with Gasteiger partial charge in [0.2, 0.25) is 0 Å². The standard InChI is InChI=1S/C25H23NO3/c1-17-7-4-5-10-22(17)24-15-20-14-21(28-2)11-12-23(20)26(24)16-18-8-6-9-19(13-18)25(27)29-3/h4-15H,16H2,1-3H3. The van der Waals surface area contributed by atoms with Crippen LogP contribution in [0.15, 0.2) is 72.8 Å². The summed E-state index contributed by atoms with van der Waals surface area (Å²) in [6, 6.07) is 24.3. The average molecular weight is 385 g/mol. The molecule has 0 atom stereocenters. The first-order valence-electron chi connectivity index (χ1n) is 9.51. The van der Waals surface area contributed by atoms with Crippen LogP contribution in [0.4, 0.5) is 0 Å². The fourth-order valence-corrected chi connectivity index (χ4v) is 3.73. The van der Waals surface area contributed by atoms with Gasteiger partial charge in [0, 0.05) is 28.7 Å². The van der Waals surface area contributed by atoms with Crippen molar-refractivity contribution in [3.8, 4) is 17.0 Å². The molecule has 4 aromatic rings. The van der Waals surface area contributed by atoms with Crippen molar-refractivity contribution in [1.29, 1.82) is 0 Å². The van der Waals surface area contributed by atoms with Gasteiger partial charge in [-0.05, 0) is 54.4 Å². The Bertz CT molecular complexity index is 1190. The highest BCUT2D eigenvalue weighted by Crippen LogP contribution is 2.33. The molecule has 3 aromatic carbocycles. The van der Waals surface area contributed by atoms with Gasteiger partial charge in [-0.25, -0.2) is 4.79 Å². The topological polar surface area (TPSA) is 40.5 Å². The summed E-state index contributed by atoms with van der Waals surface area (Å²) in [7, 11) is 3.08. The molecule has 4 nitrogen and oxygen atoms in total. The summed E-state index contributed by atoms with van der Waals surface area (Å²) in [6.07, 6.45) is 0. The highest BCUT2D eigenvalue weighted by Gasteiger charge is 2.14. The number of nitrogens with zero attached hydrogens (tertiary/aromatic N) is 1. The van der Waals surface area contributed by atoms with Crippen LogP contribution in [-0.4, -0.2) is 24.8 Å². The van der Waals surface area contributed by atoms with Gasteiger partial charge >= 0.3 is 5.97 Å². The lowest BCUT2D eigenvalue weighted by Crippen LogP contribution is -2.05. The first-order valence-corrected chi connectivity index (χ1v) is 9.51. The van der Waals surface area contributed by atoms with Gasteiger partial charge in [0.25, 0.3) is 0 Å². The molecule has 0 unspecified atom stereocenters. The Kier molecular flexibility index (Phi) is 5.09. The SMILES string of the molecule is COC(=O)c1cccc(Cn2c(-c3ccccc3C)cc3cc(OC)ccc32)c1. The predicted octanol–water partition coefficient (Wildman–Crippen LogP) is 5.46. The molecule has 29 heavy (non-hydrogen) atoms. The van der Waals surface area contributed by atoms with Crippen molar-refractivity contribution in [2.24, 2.45) is 0 Å². The third kappa shape index (κ3) is 3.61. The second-order valence-corrected chi connectivity index (χ2v) is 7.05. The van der Waals surface area contributed by atoms with Crippen molar-refractivity contribution in [2.45, 2.75) is 13.5 Å². The Morgan fingerprint density at radius 1 is 0.931 bits per heavy atom. The third-order valence-corrected chi connectivity index (χ3v) is 5.22. The Morgan fingerprint density at radius 2 is 1.76 bits per heavy atom. The molecule has 1 aromatic heterocycles. The highest BCUT2D eigenvalue weighted by atomic mass is 16.5. The summed E-state index contributed by atoms with van der Waals surface area (Å²) in [6.45, 7) is 2.76. The second-order valence-electron chi connectivity index (χ2n) is 7.05. The number of aryl methyl sites for hydroxylation is 1. The van der Waals surface area contributed by atoms with Gasteiger partial charge in [-0.1, -0.05) is 36.4 Å². The molecule has 4 rings (SSSR count). The molecule has 0 bridgehead atoms. The monoisotopic (exact) mass is 385 g/mol. The lowest BCUT2D eigenvalue weighted by atomic mass is 10.1. The van der Waals surface area contributed by atoms with Gasteiger partial charge in [0.15, 0.2) is 0 Å². The van der Waals surface area contributed by atoms with Crippen molar-refractivity contribution in [3.05, 3.63) is 89.5 Å². The fourth-order valence-electron chi connectivity index (χ4n) is 3.73. The number of rotatable bonds is 5. The minimum Gasteiger partial charge on any atom is -0.497 e. The van der Waals surface area contributed by atoms with Crippen LogP contribution in [-0.2, 0) is 11.3 Å². The normalized spacial score (nSPS) is 10.9. The summed E-state index contributed by atoms with van der Waals surface area (Å²) >= 11 is 0. The predicted molar refractivity (Wildman–Crippen MR) is 116 cm³/mol. The zero-order valence-electron chi connectivity index (χ0n) is 16.8. The smallest absolute Gasteiger partial charge is 0.337 e. The number of benzene rings is 3. The van der Waals surface area contributed by atoms with E-state index in [0.29, 0.717) is 12.1 Å². The molecule has 0 aliphatic heterocycles. The molecule has 0 spiro atoms. The molecule has 146 valence electrons. The van der Waals surface area contributed by atoms with Gasteiger partial charge in [-0.15, -0.1) is 0 Å². The second kappa shape index (κ2) is 7.84. The Balaban J connectivity index is 1.87. The number of fused-ring (bicyclic) bond motifs is 1. The van der Waals surface area contributed by atoms with Crippen LogP contribution < -0.4 is 4.74 Å². The summed E-state index contributed by atoms with van der Waals surface area (Å²) in [5, 5.41) is 1.12. The minimum atomic E-state index is -0.326. The van der Waals surface area contributed by atoms with E-state index in [-0.39, 0.29) is 5.97 Å². The Hall–Kier alpha value is -3.53. The van der Waals surface area contributed by atoms with Crippen LogP contribution in [0.3, 0.4) is 0 Å². The summed E-state index contributed by atoms with van der Waals surface area (Å²) in [4.78, 5) is 11.9. The Morgan fingerprint density at radius 3 is 2.52 bits per heavy atom. The van der Waals surface area contributed by atoms with Crippen LogP contribution in [0.25, 0.3) is 22.2 Å². The van der Waals surface area contributed by atoms with Crippen molar-refractivity contribution in [2.75, 3.05) is 14.2 Å². The molecule has 0 amide bonds. The zero-order chi connectivity index (χ0) is 20.4. The number of carbonyl (C=O) groups excluding carboxylic acids is 1. The summed E-state index contributed by atoms with van der Waals surface area (Å²) in [5.41, 5.74) is 6.25. The largest absolute Gasteiger partial charge is 0.497 e. The molecule has 0 fully saturated rings. The number of aromatic nitrogens is 1. The van der Waals surface area contributed by atoms with E-state index < -0.39 is 0 Å². The highest BCUT2D eigenvalue weighted by molar-refractivity contribution is 5.90.